The lowest BCUT2D eigenvalue weighted by Gasteiger charge is -2.34. The van der Waals surface area contributed by atoms with E-state index in [4.69, 9.17) is 0 Å². The largest absolute Gasteiger partial charge is 0.365 e. The molecule has 0 unspecified atom stereocenters. The van der Waals surface area contributed by atoms with E-state index in [0.717, 1.165) is 68.4 Å². The van der Waals surface area contributed by atoms with Crippen molar-refractivity contribution in [2.75, 3.05) is 58.7 Å². The fourth-order valence-corrected chi connectivity index (χ4v) is 5.60. The van der Waals surface area contributed by atoms with E-state index >= 15 is 0 Å². The molecule has 0 aliphatic carbocycles. The van der Waals surface area contributed by atoms with Gasteiger partial charge >= 0.3 is 0 Å². The molecule has 0 amide bonds. The van der Waals surface area contributed by atoms with E-state index in [1.807, 2.05) is 6.07 Å². The van der Waals surface area contributed by atoms with Crippen molar-refractivity contribution in [3.05, 3.63) is 90.3 Å². The van der Waals surface area contributed by atoms with Gasteiger partial charge in [0.2, 0.25) is 0 Å². The number of nitrogens with one attached hydrogen (secondary N) is 1. The molecule has 37 heavy (non-hydrogen) atoms. The predicted octanol–water partition coefficient (Wildman–Crippen LogP) is 5.21. The summed E-state index contributed by atoms with van der Waals surface area (Å²) in [4.78, 5) is 18.6. The summed E-state index contributed by atoms with van der Waals surface area (Å²) < 4.78 is 0. The van der Waals surface area contributed by atoms with Crippen LogP contribution in [0.3, 0.4) is 0 Å². The van der Waals surface area contributed by atoms with Crippen LogP contribution >= 0.6 is 11.3 Å². The van der Waals surface area contributed by atoms with E-state index in [2.05, 4.69) is 111 Å². The third-order valence-electron chi connectivity index (χ3n) is 6.74. The Bertz CT molecular complexity index is 1290. The second-order valence-electron chi connectivity index (χ2n) is 9.90. The van der Waals surface area contributed by atoms with Gasteiger partial charge in [0, 0.05) is 57.2 Å². The number of hydrogen-bond acceptors (Lipinski definition) is 7. The molecule has 6 nitrogen and oxygen atoms in total. The first kappa shape index (κ1) is 25.5. The lowest BCUT2D eigenvalue weighted by Crippen LogP contribution is -2.45. The van der Waals surface area contributed by atoms with Gasteiger partial charge < -0.3 is 10.2 Å². The van der Waals surface area contributed by atoms with Gasteiger partial charge in [-0.05, 0) is 36.9 Å². The number of rotatable bonds is 10. The Labute approximate surface area is 224 Å². The van der Waals surface area contributed by atoms with E-state index < -0.39 is 0 Å². The first-order valence-electron chi connectivity index (χ1n) is 13.0. The molecule has 0 bridgehead atoms. The predicted molar refractivity (Wildman–Crippen MR) is 156 cm³/mol. The van der Waals surface area contributed by atoms with Gasteiger partial charge in [0.15, 0.2) is 0 Å². The van der Waals surface area contributed by atoms with Gasteiger partial charge in [-0.1, -0.05) is 66.7 Å². The Balaban J connectivity index is 1.17. The molecule has 5 rings (SSSR count). The fourth-order valence-electron chi connectivity index (χ4n) is 4.59. The monoisotopic (exact) mass is 512 g/mol. The molecule has 0 saturated carbocycles. The van der Waals surface area contributed by atoms with Gasteiger partial charge in [-0.25, -0.2) is 9.97 Å². The summed E-state index contributed by atoms with van der Waals surface area (Å²) in [7, 11) is 4.21. The Kier molecular flexibility index (Phi) is 8.58. The van der Waals surface area contributed by atoms with Crippen LogP contribution in [-0.4, -0.2) is 78.0 Å². The van der Waals surface area contributed by atoms with Crippen LogP contribution in [-0.2, 0) is 13.1 Å². The minimum atomic E-state index is 0.744. The highest BCUT2D eigenvalue weighted by Crippen LogP contribution is 2.35. The second-order valence-corrected chi connectivity index (χ2v) is 10.9. The summed E-state index contributed by atoms with van der Waals surface area (Å²) >= 11 is 1.72. The van der Waals surface area contributed by atoms with Crippen LogP contribution < -0.4 is 5.32 Å². The number of piperazine rings is 1. The molecule has 0 radical (unpaired) electrons. The number of aromatic nitrogens is 2. The molecule has 1 saturated heterocycles. The SMILES string of the molecule is CN(C)CC=CCN1CCN(Cc2ccc(-c3cc4c(NCc5ccccc5)ncnc4s3)cc2)CC1. The van der Waals surface area contributed by atoms with E-state index in [1.54, 1.807) is 17.7 Å². The molecule has 1 aliphatic rings. The number of anilines is 1. The van der Waals surface area contributed by atoms with E-state index in [9.17, 15) is 0 Å². The minimum Gasteiger partial charge on any atom is -0.365 e. The molecular formula is C30H36N6S. The Morgan fingerprint density at radius 2 is 1.65 bits per heavy atom. The van der Waals surface area contributed by atoms with Crippen molar-refractivity contribution in [2.45, 2.75) is 13.1 Å². The second kappa shape index (κ2) is 12.4. The highest BCUT2D eigenvalue weighted by molar-refractivity contribution is 7.21. The zero-order valence-corrected chi connectivity index (χ0v) is 22.6. The maximum absolute atomic E-state index is 4.53. The van der Waals surface area contributed by atoms with Gasteiger partial charge in [-0.15, -0.1) is 11.3 Å². The molecule has 0 atom stereocenters. The molecular weight excluding hydrogens is 476 g/mol. The molecule has 1 N–H and O–H groups in total. The van der Waals surface area contributed by atoms with Crippen molar-refractivity contribution < 1.29 is 0 Å². The number of likely N-dealkylation sites (N-methyl/N-ethyl adjacent to an activating group) is 1. The van der Waals surface area contributed by atoms with Crippen molar-refractivity contribution in [1.82, 2.24) is 24.7 Å². The lowest BCUT2D eigenvalue weighted by atomic mass is 10.1. The molecule has 3 heterocycles. The van der Waals surface area contributed by atoms with Crippen LogP contribution in [0.1, 0.15) is 11.1 Å². The summed E-state index contributed by atoms with van der Waals surface area (Å²) in [6, 6.07) is 21.7. The van der Waals surface area contributed by atoms with Gasteiger partial charge in [0.05, 0.1) is 5.39 Å². The number of benzene rings is 2. The van der Waals surface area contributed by atoms with Crippen molar-refractivity contribution >= 4 is 27.4 Å². The molecule has 1 fully saturated rings. The lowest BCUT2D eigenvalue weighted by molar-refractivity contribution is 0.137. The van der Waals surface area contributed by atoms with Gasteiger partial charge in [-0.3, -0.25) is 9.80 Å². The maximum Gasteiger partial charge on any atom is 0.138 e. The molecule has 192 valence electrons. The number of fused-ring (bicyclic) bond motifs is 1. The molecule has 1 aliphatic heterocycles. The summed E-state index contributed by atoms with van der Waals surface area (Å²) in [5.74, 6) is 0.889. The highest BCUT2D eigenvalue weighted by atomic mass is 32.1. The van der Waals surface area contributed by atoms with Crippen molar-refractivity contribution in [3.63, 3.8) is 0 Å². The Hall–Kier alpha value is -3.10. The minimum absolute atomic E-state index is 0.744. The van der Waals surface area contributed by atoms with Gasteiger partial charge in [0.1, 0.15) is 17.0 Å². The van der Waals surface area contributed by atoms with Gasteiger partial charge in [0.25, 0.3) is 0 Å². The van der Waals surface area contributed by atoms with E-state index in [0.29, 0.717) is 0 Å². The third-order valence-corrected chi connectivity index (χ3v) is 7.83. The summed E-state index contributed by atoms with van der Waals surface area (Å²) in [6.45, 7) is 8.33. The van der Waals surface area contributed by atoms with Crippen LogP contribution in [0.4, 0.5) is 5.82 Å². The van der Waals surface area contributed by atoms with Crippen LogP contribution in [0.5, 0.6) is 0 Å². The zero-order valence-electron chi connectivity index (χ0n) is 21.8. The van der Waals surface area contributed by atoms with Crippen LogP contribution in [0.2, 0.25) is 0 Å². The molecule has 7 heteroatoms. The van der Waals surface area contributed by atoms with Crippen molar-refractivity contribution in [1.29, 1.82) is 0 Å². The van der Waals surface area contributed by atoms with Crippen LogP contribution in [0.25, 0.3) is 20.7 Å². The first-order valence-corrected chi connectivity index (χ1v) is 13.8. The van der Waals surface area contributed by atoms with Crippen LogP contribution in [0.15, 0.2) is 79.1 Å². The molecule has 0 spiro atoms. The summed E-state index contributed by atoms with van der Waals surface area (Å²) in [5.41, 5.74) is 3.84. The number of hydrogen-bond donors (Lipinski definition) is 1. The topological polar surface area (TPSA) is 47.5 Å². The smallest absolute Gasteiger partial charge is 0.138 e. The maximum atomic E-state index is 4.53. The highest BCUT2D eigenvalue weighted by Gasteiger charge is 2.16. The van der Waals surface area contributed by atoms with Gasteiger partial charge in [-0.2, -0.15) is 0 Å². The molecule has 2 aromatic heterocycles. The van der Waals surface area contributed by atoms with Crippen molar-refractivity contribution in [2.24, 2.45) is 0 Å². The standard InChI is InChI=1S/C30H36N6S/c1-34(2)14-6-7-15-35-16-18-36(19-17-35)22-25-10-12-26(13-11-25)28-20-27-29(32-23-33-30(27)37-28)31-21-24-8-4-3-5-9-24/h3-13,20,23H,14-19,21-22H2,1-2H3,(H,31,32,33). The van der Waals surface area contributed by atoms with E-state index in [1.165, 1.54) is 21.6 Å². The first-order chi connectivity index (χ1) is 18.1. The number of thiophene rings is 1. The van der Waals surface area contributed by atoms with Crippen molar-refractivity contribution in [3.8, 4) is 10.4 Å². The van der Waals surface area contributed by atoms with E-state index in [-0.39, 0.29) is 0 Å². The average molecular weight is 513 g/mol. The average Bonchev–Trinajstić information content (AvgIpc) is 3.37. The Morgan fingerprint density at radius 1 is 0.892 bits per heavy atom. The molecule has 4 aromatic rings. The summed E-state index contributed by atoms with van der Waals surface area (Å²) in [5, 5.41) is 4.57. The Morgan fingerprint density at radius 3 is 2.41 bits per heavy atom. The normalized spacial score (nSPS) is 15.2. The summed E-state index contributed by atoms with van der Waals surface area (Å²) in [6.07, 6.45) is 6.22. The third kappa shape index (κ3) is 7.02. The quantitative estimate of drug-likeness (QED) is 0.295. The number of nitrogens with zero attached hydrogens (tertiary/aromatic N) is 5. The van der Waals surface area contributed by atoms with Crippen LogP contribution in [0, 0.1) is 0 Å². The zero-order chi connectivity index (χ0) is 25.5. The fraction of sp³-hybridized carbons (Fsp3) is 0.333. The molecule has 2 aromatic carbocycles.